The summed E-state index contributed by atoms with van der Waals surface area (Å²) >= 11 is 0. The van der Waals surface area contributed by atoms with E-state index in [1.807, 2.05) is 182 Å². The molecule has 0 fully saturated rings. The first-order valence-electron chi connectivity index (χ1n) is 21.5. The van der Waals surface area contributed by atoms with Crippen LogP contribution in [0.3, 0.4) is 0 Å². The summed E-state index contributed by atoms with van der Waals surface area (Å²) in [5.41, 5.74) is 3.52. The van der Waals surface area contributed by atoms with Crippen LogP contribution in [0.4, 0.5) is 0 Å². The number of rotatable bonds is 3. The van der Waals surface area contributed by atoms with Gasteiger partial charge in [0, 0.05) is 63.6 Å². The summed E-state index contributed by atoms with van der Waals surface area (Å²) in [6, 6.07) is 67.3. The fourth-order valence-electron chi connectivity index (χ4n) is 9.10. The zero-order valence-corrected chi connectivity index (χ0v) is 49.7. The van der Waals surface area contributed by atoms with E-state index < -0.39 is 0 Å². The summed E-state index contributed by atoms with van der Waals surface area (Å²) in [6.07, 6.45) is 0. The summed E-state index contributed by atoms with van der Waals surface area (Å²) in [4.78, 5) is 0. The second-order valence-electron chi connectivity index (χ2n) is 16.0. The molecule has 0 radical (unpaired) electrons. The Labute approximate surface area is 571 Å². The third kappa shape index (κ3) is 11.5. The molecule has 0 aliphatic carbocycles. The maximum Gasteiger partial charge on any atom is 1.00 e. The van der Waals surface area contributed by atoms with Gasteiger partial charge < -0.3 is 30.6 Å². The van der Waals surface area contributed by atoms with Crippen molar-refractivity contribution in [1.29, 1.82) is 0 Å². The zero-order valence-electron chi connectivity index (χ0n) is 38.6. The largest absolute Gasteiger partial charge is 1.00 e. The maximum absolute atomic E-state index is 12.5. The summed E-state index contributed by atoms with van der Waals surface area (Å²) in [5.74, 6) is 0.160. The molecule has 0 heterocycles. The molecule has 12 aromatic rings. The molecule has 12 aromatic carbocycles. The first kappa shape index (κ1) is 56.7. The van der Waals surface area contributed by atoms with Crippen LogP contribution < -0.4 is 169 Å². The number of hydrogen-bond acceptors (Lipinski definition) is 6. The van der Waals surface area contributed by atoms with Crippen LogP contribution in [0.2, 0.25) is 0 Å². The number of benzene rings is 12. The van der Waals surface area contributed by atoms with Gasteiger partial charge in [-0.15, -0.1) is 17.2 Å². The van der Waals surface area contributed by atoms with E-state index in [4.69, 9.17) is 0 Å². The predicted molar refractivity (Wildman–Crippen MR) is 264 cm³/mol. The molecule has 0 saturated heterocycles. The maximum atomic E-state index is 12.5. The van der Waals surface area contributed by atoms with Gasteiger partial charge in [0.2, 0.25) is 0 Å². The van der Waals surface area contributed by atoms with E-state index >= 15 is 0 Å². The van der Waals surface area contributed by atoms with Crippen LogP contribution in [0, 0.1) is 46.9 Å². The Kier molecular flexibility index (Phi) is 20.7. The van der Waals surface area contributed by atoms with Crippen LogP contribution in [-0.2, 0) is 0 Å². The third-order valence-corrected chi connectivity index (χ3v) is 12.1. The van der Waals surface area contributed by atoms with Crippen molar-refractivity contribution in [3.63, 3.8) is 0 Å². The first-order chi connectivity index (χ1) is 32.3. The summed E-state index contributed by atoms with van der Waals surface area (Å²) in [7, 11) is 0. The predicted octanol–water partition coefficient (Wildman–Crippen LogP) is 4.33. The minimum absolute atomic E-state index is 0. The summed E-state index contributed by atoms with van der Waals surface area (Å²) < 4.78 is 0. The van der Waals surface area contributed by atoms with Gasteiger partial charge in [-0.3, -0.25) is 0 Å². The molecule has 0 aliphatic rings. The summed E-state index contributed by atoms with van der Waals surface area (Å²) in [6.45, 7) is 0. The fourth-order valence-corrected chi connectivity index (χ4v) is 9.10. The number of phenolic OH excluding ortho intramolecular Hbond substituents is 3. The molecule has 0 atom stereocenters. The molecule has 3 N–H and O–H groups in total. The molecule has 0 aromatic heterocycles. The van der Waals surface area contributed by atoms with E-state index in [1.165, 1.54) is 0 Å². The SMILES string of the molecule is [K+].[K+].[K+].[O-]c1ccc2ccccc2c1-c1c(O)ccc2ccccc12.[O-]c1ccc2ccccc2c1-c1c(O)ccc2ccccc12.[O-]c1ccc2ccccc2c1-c1c(O)ccc2ccccc12.[Yb]. The molecule has 0 spiro atoms. The van der Waals surface area contributed by atoms with Crippen molar-refractivity contribution >= 4 is 64.6 Å². The van der Waals surface area contributed by atoms with Crippen molar-refractivity contribution in [2.45, 2.75) is 0 Å². The van der Waals surface area contributed by atoms with Gasteiger partial charge in [0.05, 0.1) is 0 Å². The van der Waals surface area contributed by atoms with Crippen LogP contribution in [0.1, 0.15) is 0 Å². The van der Waals surface area contributed by atoms with Gasteiger partial charge in [-0.05, 0) is 99.5 Å². The van der Waals surface area contributed by atoms with Crippen LogP contribution in [0.25, 0.3) is 98.0 Å². The van der Waals surface area contributed by atoms with Crippen LogP contribution in [-0.4, -0.2) is 15.3 Å². The van der Waals surface area contributed by atoms with E-state index in [9.17, 15) is 30.6 Å². The quantitative estimate of drug-likeness (QED) is 0.226. The average molecular weight is 1150 g/mol. The Hall–Kier alpha value is -2.57. The Morgan fingerprint density at radius 2 is 0.386 bits per heavy atom. The van der Waals surface area contributed by atoms with E-state index in [0.29, 0.717) is 33.4 Å². The van der Waals surface area contributed by atoms with Gasteiger partial charge in [0.15, 0.2) is 0 Å². The second kappa shape index (κ2) is 25.6. The Bertz CT molecular complexity index is 3180. The van der Waals surface area contributed by atoms with Crippen molar-refractivity contribution in [3.05, 3.63) is 218 Å². The van der Waals surface area contributed by atoms with Gasteiger partial charge in [0.25, 0.3) is 0 Å². The van der Waals surface area contributed by atoms with E-state index in [0.717, 1.165) is 64.6 Å². The Balaban J connectivity index is 0.000000167. The minimum atomic E-state index is -0.0784. The molecule has 70 heavy (non-hydrogen) atoms. The average Bonchev–Trinajstić information content (AvgIpc) is 3.35. The third-order valence-electron chi connectivity index (χ3n) is 12.1. The smallest absolute Gasteiger partial charge is 0.872 e. The van der Waals surface area contributed by atoms with E-state index in [1.54, 1.807) is 36.4 Å². The summed E-state index contributed by atoms with van der Waals surface area (Å²) in [5, 5.41) is 80.0. The van der Waals surface area contributed by atoms with Crippen molar-refractivity contribution < 1.29 is 232 Å². The van der Waals surface area contributed by atoms with Gasteiger partial charge >= 0.3 is 154 Å². The van der Waals surface area contributed by atoms with Crippen LogP contribution in [0.15, 0.2) is 218 Å². The fraction of sp³-hybridized carbons (Fsp3) is 0. The van der Waals surface area contributed by atoms with Crippen molar-refractivity contribution in [2.24, 2.45) is 0 Å². The molecule has 0 aliphatic heterocycles. The number of fused-ring (bicyclic) bond motifs is 6. The molecular weight excluding hydrogens is 1110 g/mol. The van der Waals surface area contributed by atoms with E-state index in [2.05, 4.69) is 0 Å². The van der Waals surface area contributed by atoms with Crippen molar-refractivity contribution in [3.8, 4) is 67.9 Å². The minimum Gasteiger partial charge on any atom is -0.872 e. The topological polar surface area (TPSA) is 130 Å². The Morgan fingerprint density at radius 1 is 0.214 bits per heavy atom. The number of hydrogen-bond donors (Lipinski definition) is 3. The molecule has 0 unspecified atom stereocenters. The van der Waals surface area contributed by atoms with Crippen molar-refractivity contribution in [1.82, 2.24) is 0 Å². The molecule has 6 nitrogen and oxygen atoms in total. The first-order valence-corrected chi connectivity index (χ1v) is 21.5. The van der Waals surface area contributed by atoms with Gasteiger partial charge in [-0.1, -0.05) is 200 Å². The molecule has 0 amide bonds. The second-order valence-corrected chi connectivity index (χ2v) is 16.0. The van der Waals surface area contributed by atoms with E-state index in [-0.39, 0.29) is 236 Å². The van der Waals surface area contributed by atoms with Gasteiger partial charge in [0.1, 0.15) is 17.2 Å². The normalized spacial score (nSPS) is 10.5. The number of phenols is 3. The molecule has 0 saturated carbocycles. The molecular formula is C60H39K3O6Yb. The molecule has 0 bridgehead atoms. The molecule has 12 rings (SSSR count). The van der Waals surface area contributed by atoms with Gasteiger partial charge in [-0.2, -0.15) is 0 Å². The van der Waals surface area contributed by atoms with Gasteiger partial charge in [-0.25, -0.2) is 0 Å². The van der Waals surface area contributed by atoms with Crippen LogP contribution >= 0.6 is 0 Å². The molecule has 10 heteroatoms. The number of aromatic hydroxyl groups is 3. The monoisotopic (exact) mass is 1150 g/mol. The van der Waals surface area contributed by atoms with Crippen LogP contribution in [0.5, 0.6) is 34.5 Å². The zero-order chi connectivity index (χ0) is 45.3. The standard InChI is InChI=1S/3C20H14O2.3K.Yb/c3*21-17-11-9-13-5-1-3-7-15(13)19(17)20-16-8-4-2-6-14(16)10-12-18(20)22;;;;/h3*1-12,21-22H;;;;/q;;;3*+1;/p-3. The Morgan fingerprint density at radius 3 is 0.600 bits per heavy atom. The van der Waals surface area contributed by atoms with Crippen molar-refractivity contribution in [2.75, 3.05) is 0 Å². The molecule has 332 valence electrons.